The molecule has 1 fully saturated rings. The second-order valence-electron chi connectivity index (χ2n) is 8.56. The number of likely N-dealkylation sites (tertiary alicyclic amines) is 1. The number of benzene rings is 1. The molecule has 1 saturated heterocycles. The molecule has 0 bridgehead atoms. The van der Waals surface area contributed by atoms with Gasteiger partial charge < -0.3 is 15.2 Å². The monoisotopic (exact) mass is 423 g/mol. The van der Waals surface area contributed by atoms with Crippen LogP contribution in [-0.4, -0.2) is 53.3 Å². The largest absolute Gasteiger partial charge is 0.480 e. The molecule has 0 unspecified atom stereocenters. The van der Waals surface area contributed by atoms with Gasteiger partial charge in [-0.25, -0.2) is 4.98 Å². The number of carboxylic acid groups (broad SMARTS) is 1. The van der Waals surface area contributed by atoms with E-state index in [1.165, 1.54) is 12.0 Å². The molecule has 0 aliphatic carbocycles. The van der Waals surface area contributed by atoms with E-state index in [4.69, 9.17) is 9.72 Å². The van der Waals surface area contributed by atoms with Crippen LogP contribution in [0.4, 0.5) is 5.82 Å². The number of aliphatic carboxylic acids is 1. The van der Waals surface area contributed by atoms with Crippen LogP contribution in [-0.2, 0) is 22.4 Å². The molecule has 0 saturated carbocycles. The summed E-state index contributed by atoms with van der Waals surface area (Å²) in [5.41, 5.74) is 3.34. The molecule has 0 amide bonds. The number of hydrogen-bond donors (Lipinski definition) is 2. The molecule has 6 heteroatoms. The van der Waals surface area contributed by atoms with Crippen molar-refractivity contribution >= 4 is 11.8 Å². The third-order valence-corrected chi connectivity index (χ3v) is 6.32. The van der Waals surface area contributed by atoms with E-state index < -0.39 is 12.0 Å². The quantitative estimate of drug-likeness (QED) is 0.592. The van der Waals surface area contributed by atoms with E-state index in [0.717, 1.165) is 81.8 Å². The summed E-state index contributed by atoms with van der Waals surface area (Å²) in [4.78, 5) is 18.7. The Hall–Kier alpha value is -2.44. The van der Waals surface area contributed by atoms with Crippen molar-refractivity contribution in [2.75, 3.05) is 31.6 Å². The first-order valence-electron chi connectivity index (χ1n) is 11.6. The number of ether oxygens (including phenoxy) is 1. The van der Waals surface area contributed by atoms with Gasteiger partial charge >= 0.3 is 5.97 Å². The fourth-order valence-corrected chi connectivity index (χ4v) is 4.61. The van der Waals surface area contributed by atoms with Crippen molar-refractivity contribution < 1.29 is 14.6 Å². The van der Waals surface area contributed by atoms with E-state index >= 15 is 0 Å². The zero-order valence-electron chi connectivity index (χ0n) is 18.1. The third-order valence-electron chi connectivity index (χ3n) is 6.32. The van der Waals surface area contributed by atoms with Gasteiger partial charge in [0.05, 0.1) is 6.10 Å². The first-order valence-corrected chi connectivity index (χ1v) is 11.6. The minimum absolute atomic E-state index is 0.229. The van der Waals surface area contributed by atoms with Gasteiger partial charge in [-0.05, 0) is 62.1 Å². The molecule has 1 atom stereocenters. The van der Waals surface area contributed by atoms with Crippen LogP contribution in [0, 0.1) is 0 Å². The Balaban J connectivity index is 1.16. The summed E-state index contributed by atoms with van der Waals surface area (Å²) >= 11 is 0. The number of unbranched alkanes of at least 4 members (excludes halogenated alkanes) is 1. The second-order valence-corrected chi connectivity index (χ2v) is 8.56. The summed E-state index contributed by atoms with van der Waals surface area (Å²) in [6.45, 7) is 3.29. The van der Waals surface area contributed by atoms with Crippen LogP contribution in [0.1, 0.15) is 55.0 Å². The molecule has 4 rings (SSSR count). The van der Waals surface area contributed by atoms with E-state index in [1.54, 1.807) is 0 Å². The molecule has 2 aromatic rings. The van der Waals surface area contributed by atoms with Crippen LogP contribution in [0.5, 0.6) is 0 Å². The number of nitrogens with zero attached hydrogens (tertiary/aromatic N) is 2. The van der Waals surface area contributed by atoms with Crippen LogP contribution in [0.2, 0.25) is 0 Å². The van der Waals surface area contributed by atoms with Gasteiger partial charge in [-0.1, -0.05) is 36.4 Å². The number of carboxylic acids is 1. The van der Waals surface area contributed by atoms with Gasteiger partial charge in [0.25, 0.3) is 0 Å². The molecule has 1 aromatic heterocycles. The molecule has 31 heavy (non-hydrogen) atoms. The topological polar surface area (TPSA) is 74.7 Å². The van der Waals surface area contributed by atoms with Crippen molar-refractivity contribution in [2.24, 2.45) is 0 Å². The molecule has 3 heterocycles. The molecule has 0 spiro atoms. The number of aromatic nitrogens is 1. The van der Waals surface area contributed by atoms with Crippen molar-refractivity contribution in [2.45, 2.75) is 57.1 Å². The second kappa shape index (κ2) is 10.7. The molecule has 2 aliphatic heterocycles. The SMILES string of the molecule is O=C(O)[C@H](c1ccccc1)N1CCC(OCCCCc2ccc3c(n2)NCCC3)CC1. The highest BCUT2D eigenvalue weighted by Crippen LogP contribution is 2.26. The maximum absolute atomic E-state index is 11.8. The minimum atomic E-state index is -0.781. The first kappa shape index (κ1) is 21.8. The lowest BCUT2D eigenvalue weighted by Gasteiger charge is -2.35. The summed E-state index contributed by atoms with van der Waals surface area (Å²) < 4.78 is 6.10. The fourth-order valence-electron chi connectivity index (χ4n) is 4.61. The Kier molecular flexibility index (Phi) is 7.54. The molecule has 166 valence electrons. The van der Waals surface area contributed by atoms with E-state index in [9.17, 15) is 9.90 Å². The Morgan fingerprint density at radius 3 is 2.74 bits per heavy atom. The highest BCUT2D eigenvalue weighted by Gasteiger charge is 2.31. The van der Waals surface area contributed by atoms with E-state index in [1.807, 2.05) is 30.3 Å². The summed E-state index contributed by atoms with van der Waals surface area (Å²) in [5.74, 6) is 0.290. The molecular weight excluding hydrogens is 390 g/mol. The summed E-state index contributed by atoms with van der Waals surface area (Å²) in [6.07, 6.45) is 7.38. The van der Waals surface area contributed by atoms with Crippen LogP contribution >= 0.6 is 0 Å². The number of anilines is 1. The fraction of sp³-hybridized carbons (Fsp3) is 0.520. The third kappa shape index (κ3) is 5.83. The van der Waals surface area contributed by atoms with Crippen molar-refractivity contribution in [1.29, 1.82) is 0 Å². The lowest BCUT2D eigenvalue weighted by Crippen LogP contribution is -2.42. The van der Waals surface area contributed by atoms with Crippen LogP contribution in [0.15, 0.2) is 42.5 Å². The number of aryl methyl sites for hydroxylation is 2. The molecule has 1 aromatic carbocycles. The number of pyridine rings is 1. The molecule has 2 N–H and O–H groups in total. The van der Waals surface area contributed by atoms with Gasteiger partial charge in [0, 0.05) is 31.9 Å². The van der Waals surface area contributed by atoms with Gasteiger partial charge in [0.1, 0.15) is 11.9 Å². The lowest BCUT2D eigenvalue weighted by atomic mass is 10.0. The van der Waals surface area contributed by atoms with Gasteiger partial charge in [0.15, 0.2) is 0 Å². The smallest absolute Gasteiger partial charge is 0.325 e. The first-order chi connectivity index (χ1) is 15.2. The number of rotatable bonds is 9. The molecular formula is C25H33N3O3. The van der Waals surface area contributed by atoms with Crippen LogP contribution < -0.4 is 5.32 Å². The van der Waals surface area contributed by atoms with Crippen LogP contribution in [0.25, 0.3) is 0 Å². The maximum atomic E-state index is 11.8. The van der Waals surface area contributed by atoms with E-state index in [-0.39, 0.29) is 6.10 Å². The zero-order chi connectivity index (χ0) is 21.5. The predicted octanol–water partition coefficient (Wildman–Crippen LogP) is 4.07. The molecule has 2 aliphatic rings. The Morgan fingerprint density at radius 1 is 1.16 bits per heavy atom. The number of piperidine rings is 1. The molecule has 0 radical (unpaired) electrons. The highest BCUT2D eigenvalue weighted by atomic mass is 16.5. The van der Waals surface area contributed by atoms with Crippen molar-refractivity contribution in [3.8, 4) is 0 Å². The average Bonchev–Trinajstić information content (AvgIpc) is 2.80. The normalized spacial score (nSPS) is 18.2. The summed E-state index contributed by atoms with van der Waals surface area (Å²) in [5, 5.41) is 13.1. The van der Waals surface area contributed by atoms with Gasteiger partial charge in [0.2, 0.25) is 0 Å². The zero-order valence-corrected chi connectivity index (χ0v) is 18.1. The maximum Gasteiger partial charge on any atom is 0.325 e. The van der Waals surface area contributed by atoms with Gasteiger partial charge in [-0.3, -0.25) is 9.69 Å². The van der Waals surface area contributed by atoms with E-state index in [0.29, 0.717) is 0 Å². The number of nitrogens with one attached hydrogen (secondary N) is 1. The summed E-state index contributed by atoms with van der Waals surface area (Å²) in [6, 6.07) is 13.3. The standard InChI is InChI=1S/C25H33N3O3/c29-25(30)23(19-7-2-1-3-8-19)28-16-13-22(14-17-28)31-18-5-4-10-21-12-11-20-9-6-15-26-24(20)27-21/h1-3,7-8,11-12,22-23H,4-6,9-10,13-18H2,(H,26,27)(H,29,30)/t23-/m0/s1. The summed E-state index contributed by atoms with van der Waals surface area (Å²) in [7, 11) is 0. The molecule has 6 nitrogen and oxygen atoms in total. The van der Waals surface area contributed by atoms with Crippen molar-refractivity contribution in [3.63, 3.8) is 0 Å². The van der Waals surface area contributed by atoms with Crippen molar-refractivity contribution in [1.82, 2.24) is 9.88 Å². The van der Waals surface area contributed by atoms with Crippen LogP contribution in [0.3, 0.4) is 0 Å². The number of hydrogen-bond acceptors (Lipinski definition) is 5. The highest BCUT2D eigenvalue weighted by molar-refractivity contribution is 5.75. The predicted molar refractivity (Wildman–Crippen MR) is 121 cm³/mol. The lowest BCUT2D eigenvalue weighted by molar-refractivity contribution is -0.144. The Bertz CT molecular complexity index is 850. The van der Waals surface area contributed by atoms with Gasteiger partial charge in [-0.2, -0.15) is 0 Å². The Morgan fingerprint density at radius 2 is 1.97 bits per heavy atom. The number of carbonyl (C=O) groups is 1. The average molecular weight is 424 g/mol. The Labute approximate surface area is 184 Å². The number of fused-ring (bicyclic) bond motifs is 1. The van der Waals surface area contributed by atoms with Crippen molar-refractivity contribution in [3.05, 3.63) is 59.3 Å². The van der Waals surface area contributed by atoms with Gasteiger partial charge in [-0.15, -0.1) is 0 Å². The minimum Gasteiger partial charge on any atom is -0.480 e. The van der Waals surface area contributed by atoms with E-state index in [2.05, 4.69) is 22.3 Å².